The van der Waals surface area contributed by atoms with Crippen molar-refractivity contribution in [1.82, 2.24) is 0 Å². The number of carbonyl (C=O) groups excluding carboxylic acids is 1. The standard InChI is InChI=1S/C19H16N2O/c20-16-7-5-14(6-8-16)18-10-9-17(21)11-19(18)15-3-1-13(12-22)2-4-15/h1-12H,20-21H2. The Morgan fingerprint density at radius 2 is 1.18 bits per heavy atom. The number of hydrogen-bond acceptors (Lipinski definition) is 3. The van der Waals surface area contributed by atoms with Gasteiger partial charge in [-0.2, -0.15) is 0 Å². The Kier molecular flexibility index (Phi) is 3.62. The van der Waals surface area contributed by atoms with Crippen LogP contribution in [0, 0.1) is 0 Å². The fourth-order valence-corrected chi connectivity index (χ4v) is 2.46. The van der Waals surface area contributed by atoms with Crippen LogP contribution < -0.4 is 11.5 Å². The fraction of sp³-hybridized carbons (Fsp3) is 0. The minimum absolute atomic E-state index is 0.654. The van der Waals surface area contributed by atoms with E-state index in [2.05, 4.69) is 0 Å². The van der Waals surface area contributed by atoms with Crippen LogP contribution in [0.1, 0.15) is 10.4 Å². The molecule has 0 fully saturated rings. The summed E-state index contributed by atoms with van der Waals surface area (Å²) in [5, 5.41) is 0. The number of anilines is 2. The quantitative estimate of drug-likeness (QED) is 0.565. The zero-order chi connectivity index (χ0) is 15.5. The van der Waals surface area contributed by atoms with E-state index in [-0.39, 0.29) is 0 Å². The maximum atomic E-state index is 10.8. The highest BCUT2D eigenvalue weighted by Crippen LogP contribution is 2.34. The maximum Gasteiger partial charge on any atom is 0.150 e. The van der Waals surface area contributed by atoms with Crippen molar-refractivity contribution in [2.45, 2.75) is 0 Å². The van der Waals surface area contributed by atoms with Gasteiger partial charge in [-0.3, -0.25) is 4.79 Å². The molecule has 0 aliphatic heterocycles. The van der Waals surface area contributed by atoms with E-state index in [0.29, 0.717) is 11.3 Å². The zero-order valence-corrected chi connectivity index (χ0v) is 12.0. The molecule has 0 atom stereocenters. The Morgan fingerprint density at radius 1 is 0.636 bits per heavy atom. The van der Waals surface area contributed by atoms with Gasteiger partial charge in [0, 0.05) is 16.9 Å². The third-order valence-electron chi connectivity index (χ3n) is 3.62. The number of carbonyl (C=O) groups is 1. The zero-order valence-electron chi connectivity index (χ0n) is 12.0. The summed E-state index contributed by atoms with van der Waals surface area (Å²) in [6.45, 7) is 0. The van der Waals surface area contributed by atoms with Gasteiger partial charge in [0.2, 0.25) is 0 Å². The first-order valence-electron chi connectivity index (χ1n) is 6.98. The summed E-state index contributed by atoms with van der Waals surface area (Å²) in [5.41, 5.74) is 18.0. The number of benzene rings is 3. The van der Waals surface area contributed by atoms with Gasteiger partial charge in [-0.1, -0.05) is 42.5 Å². The predicted molar refractivity (Wildman–Crippen MR) is 91.5 cm³/mol. The molecule has 0 amide bonds. The molecule has 3 rings (SSSR count). The SMILES string of the molecule is Nc1ccc(-c2ccc(N)cc2-c2ccc(C=O)cc2)cc1. The average Bonchev–Trinajstić information content (AvgIpc) is 2.56. The van der Waals surface area contributed by atoms with Crippen LogP contribution in [0.25, 0.3) is 22.3 Å². The first-order chi connectivity index (χ1) is 10.7. The topological polar surface area (TPSA) is 69.1 Å². The lowest BCUT2D eigenvalue weighted by atomic mass is 9.93. The van der Waals surface area contributed by atoms with Crippen molar-refractivity contribution in [1.29, 1.82) is 0 Å². The summed E-state index contributed by atoms with van der Waals surface area (Å²) in [7, 11) is 0. The van der Waals surface area contributed by atoms with Gasteiger partial charge >= 0.3 is 0 Å². The van der Waals surface area contributed by atoms with E-state index < -0.39 is 0 Å². The van der Waals surface area contributed by atoms with Crippen LogP contribution in [0.5, 0.6) is 0 Å². The Bertz CT molecular complexity index is 806. The molecule has 3 aromatic rings. The minimum Gasteiger partial charge on any atom is -0.399 e. The van der Waals surface area contributed by atoms with E-state index in [4.69, 9.17) is 11.5 Å². The number of nitrogen functional groups attached to an aromatic ring is 2. The van der Waals surface area contributed by atoms with Crippen molar-refractivity contribution in [3.05, 3.63) is 72.3 Å². The Labute approximate surface area is 129 Å². The van der Waals surface area contributed by atoms with E-state index in [0.717, 1.165) is 34.2 Å². The predicted octanol–water partition coefficient (Wildman–Crippen LogP) is 4.00. The second-order valence-electron chi connectivity index (χ2n) is 5.17. The van der Waals surface area contributed by atoms with E-state index in [1.165, 1.54) is 0 Å². The van der Waals surface area contributed by atoms with E-state index in [9.17, 15) is 4.79 Å². The highest BCUT2D eigenvalue weighted by molar-refractivity contribution is 5.87. The third-order valence-corrected chi connectivity index (χ3v) is 3.62. The minimum atomic E-state index is 0.654. The number of rotatable bonds is 3. The second-order valence-corrected chi connectivity index (χ2v) is 5.17. The molecular weight excluding hydrogens is 272 g/mol. The Morgan fingerprint density at radius 3 is 1.82 bits per heavy atom. The van der Waals surface area contributed by atoms with Crippen LogP contribution in [0.3, 0.4) is 0 Å². The summed E-state index contributed by atoms with van der Waals surface area (Å²) in [4.78, 5) is 10.8. The molecule has 4 N–H and O–H groups in total. The van der Waals surface area contributed by atoms with Gasteiger partial charge in [-0.25, -0.2) is 0 Å². The van der Waals surface area contributed by atoms with Crippen LogP contribution in [0.15, 0.2) is 66.7 Å². The van der Waals surface area contributed by atoms with Crippen molar-refractivity contribution < 1.29 is 4.79 Å². The lowest BCUT2D eigenvalue weighted by molar-refractivity contribution is 0.112. The van der Waals surface area contributed by atoms with Gasteiger partial charge in [0.25, 0.3) is 0 Å². The van der Waals surface area contributed by atoms with Crippen LogP contribution in [0.2, 0.25) is 0 Å². The summed E-state index contributed by atoms with van der Waals surface area (Å²) >= 11 is 0. The molecule has 0 saturated carbocycles. The largest absolute Gasteiger partial charge is 0.399 e. The van der Waals surface area contributed by atoms with Crippen molar-refractivity contribution >= 4 is 17.7 Å². The third kappa shape index (κ3) is 2.69. The molecule has 0 heterocycles. The lowest BCUT2D eigenvalue weighted by Crippen LogP contribution is -1.91. The number of aldehydes is 1. The fourth-order valence-electron chi connectivity index (χ4n) is 2.46. The smallest absolute Gasteiger partial charge is 0.150 e. The van der Waals surface area contributed by atoms with Gasteiger partial charge in [-0.15, -0.1) is 0 Å². The van der Waals surface area contributed by atoms with Gasteiger partial charge in [0.1, 0.15) is 6.29 Å². The molecule has 3 aromatic carbocycles. The molecule has 0 radical (unpaired) electrons. The molecule has 0 aliphatic carbocycles. The van der Waals surface area contributed by atoms with Crippen molar-refractivity contribution in [2.75, 3.05) is 11.5 Å². The van der Waals surface area contributed by atoms with Crippen LogP contribution in [-0.2, 0) is 0 Å². The first-order valence-corrected chi connectivity index (χ1v) is 6.98. The first kappa shape index (κ1) is 13.9. The molecule has 108 valence electrons. The van der Waals surface area contributed by atoms with Gasteiger partial charge in [0.15, 0.2) is 0 Å². The molecule has 3 nitrogen and oxygen atoms in total. The lowest BCUT2D eigenvalue weighted by Gasteiger charge is -2.12. The van der Waals surface area contributed by atoms with Gasteiger partial charge < -0.3 is 11.5 Å². The molecule has 0 aliphatic rings. The number of hydrogen-bond donors (Lipinski definition) is 2. The Hall–Kier alpha value is -3.07. The van der Waals surface area contributed by atoms with Crippen molar-refractivity contribution in [2.24, 2.45) is 0 Å². The van der Waals surface area contributed by atoms with Crippen molar-refractivity contribution in [3.8, 4) is 22.3 Å². The summed E-state index contributed by atoms with van der Waals surface area (Å²) in [6.07, 6.45) is 0.837. The Balaban J connectivity index is 2.14. The van der Waals surface area contributed by atoms with E-state index in [1.54, 1.807) is 12.1 Å². The molecule has 0 saturated heterocycles. The second kappa shape index (κ2) is 5.74. The molecule has 0 bridgehead atoms. The van der Waals surface area contributed by atoms with Gasteiger partial charge in [-0.05, 0) is 46.5 Å². The van der Waals surface area contributed by atoms with Crippen LogP contribution in [-0.4, -0.2) is 6.29 Å². The van der Waals surface area contributed by atoms with Crippen LogP contribution >= 0.6 is 0 Å². The summed E-state index contributed by atoms with van der Waals surface area (Å²) in [6, 6.07) is 21.0. The highest BCUT2D eigenvalue weighted by atomic mass is 16.1. The van der Waals surface area contributed by atoms with E-state index in [1.807, 2.05) is 54.6 Å². The molecule has 3 heteroatoms. The highest BCUT2D eigenvalue weighted by Gasteiger charge is 2.08. The molecule has 22 heavy (non-hydrogen) atoms. The van der Waals surface area contributed by atoms with Crippen LogP contribution in [0.4, 0.5) is 11.4 Å². The summed E-state index contributed by atoms with van der Waals surface area (Å²) in [5.74, 6) is 0. The van der Waals surface area contributed by atoms with Gasteiger partial charge in [0.05, 0.1) is 0 Å². The summed E-state index contributed by atoms with van der Waals surface area (Å²) < 4.78 is 0. The normalized spacial score (nSPS) is 10.4. The number of nitrogens with two attached hydrogens (primary N) is 2. The maximum absolute atomic E-state index is 10.8. The van der Waals surface area contributed by atoms with E-state index >= 15 is 0 Å². The monoisotopic (exact) mass is 288 g/mol. The van der Waals surface area contributed by atoms with Crippen molar-refractivity contribution in [3.63, 3.8) is 0 Å². The average molecular weight is 288 g/mol. The molecular formula is C19H16N2O. The molecule has 0 spiro atoms. The molecule has 0 aromatic heterocycles. The molecule has 0 unspecified atom stereocenters.